The summed E-state index contributed by atoms with van der Waals surface area (Å²) in [5, 5.41) is 20.3. The van der Waals surface area contributed by atoms with Crippen LogP contribution in [0.1, 0.15) is 21.5 Å². The quantitative estimate of drug-likeness (QED) is 0.795. The Bertz CT molecular complexity index is 709. The molecule has 0 bridgehead atoms. The van der Waals surface area contributed by atoms with Crippen molar-refractivity contribution in [3.63, 3.8) is 0 Å². The Hall–Kier alpha value is -2.25. The number of furan rings is 1. The molecule has 0 unspecified atom stereocenters. The van der Waals surface area contributed by atoms with Crippen LogP contribution in [-0.2, 0) is 4.79 Å². The summed E-state index contributed by atoms with van der Waals surface area (Å²) in [6.45, 7) is 0.397. The van der Waals surface area contributed by atoms with Crippen LogP contribution in [0.15, 0.2) is 40.8 Å². The summed E-state index contributed by atoms with van der Waals surface area (Å²) in [6.07, 6.45) is 0. The number of aliphatic carboxylic acids is 1. The molecule has 1 aliphatic heterocycles. The first kappa shape index (κ1) is 14.7. The fraction of sp³-hybridized carbons (Fsp3) is 0.200. The van der Waals surface area contributed by atoms with Crippen molar-refractivity contribution < 1.29 is 24.2 Å². The van der Waals surface area contributed by atoms with Gasteiger partial charge in [0.2, 0.25) is 0 Å². The minimum absolute atomic E-state index is 0.187. The van der Waals surface area contributed by atoms with Gasteiger partial charge in [0.15, 0.2) is 0 Å². The second-order valence-electron chi connectivity index (χ2n) is 4.84. The van der Waals surface area contributed by atoms with E-state index >= 15 is 0 Å². The van der Waals surface area contributed by atoms with Crippen molar-refractivity contribution >= 4 is 23.7 Å². The lowest BCUT2D eigenvalue weighted by atomic mass is 10.1. The minimum Gasteiger partial charge on any atom is -0.480 e. The van der Waals surface area contributed by atoms with Crippen LogP contribution in [0.4, 0.5) is 0 Å². The number of rotatable bonds is 4. The molecule has 2 aromatic rings. The molecule has 2 heterocycles. The molecule has 6 nitrogen and oxygen atoms in total. The normalized spacial score (nSPS) is 20.9. The highest BCUT2D eigenvalue weighted by Gasteiger charge is 2.32. The second kappa shape index (κ2) is 5.86. The van der Waals surface area contributed by atoms with E-state index in [1.165, 1.54) is 23.9 Å². The summed E-state index contributed by atoms with van der Waals surface area (Å²) in [6, 6.07) is 9.99. The van der Waals surface area contributed by atoms with Crippen molar-refractivity contribution in [1.82, 2.24) is 5.32 Å². The van der Waals surface area contributed by atoms with E-state index in [2.05, 4.69) is 5.32 Å². The van der Waals surface area contributed by atoms with Crippen LogP contribution in [0.2, 0.25) is 0 Å². The predicted molar refractivity (Wildman–Crippen MR) is 80.9 cm³/mol. The Balaban J connectivity index is 1.76. The third-order valence-corrected chi connectivity index (χ3v) is 4.73. The van der Waals surface area contributed by atoms with Crippen LogP contribution < -0.4 is 5.32 Å². The molecule has 0 amide bonds. The van der Waals surface area contributed by atoms with Gasteiger partial charge in [0.1, 0.15) is 22.1 Å². The highest BCUT2D eigenvalue weighted by molar-refractivity contribution is 8.01. The Labute approximate surface area is 130 Å². The fourth-order valence-electron chi connectivity index (χ4n) is 2.21. The zero-order valence-electron chi connectivity index (χ0n) is 11.4. The van der Waals surface area contributed by atoms with Crippen molar-refractivity contribution in [1.29, 1.82) is 0 Å². The maximum Gasteiger partial charge on any atom is 0.335 e. The van der Waals surface area contributed by atoms with Crippen molar-refractivity contribution in [2.24, 2.45) is 0 Å². The van der Waals surface area contributed by atoms with Crippen LogP contribution in [0.3, 0.4) is 0 Å². The molecule has 1 saturated heterocycles. The monoisotopic (exact) mass is 319 g/mol. The molecular weight excluding hydrogens is 306 g/mol. The zero-order valence-corrected chi connectivity index (χ0v) is 12.2. The average molecular weight is 319 g/mol. The largest absolute Gasteiger partial charge is 0.480 e. The maximum absolute atomic E-state index is 11.0. The molecule has 1 fully saturated rings. The van der Waals surface area contributed by atoms with Gasteiger partial charge in [-0.2, -0.15) is 0 Å². The smallest absolute Gasteiger partial charge is 0.335 e. The van der Waals surface area contributed by atoms with Crippen LogP contribution in [0.25, 0.3) is 11.3 Å². The number of hydrogen-bond acceptors (Lipinski definition) is 5. The van der Waals surface area contributed by atoms with Gasteiger partial charge in [-0.1, -0.05) is 12.1 Å². The number of carboxylic acid groups (broad SMARTS) is 2. The Kier molecular flexibility index (Phi) is 3.91. The summed E-state index contributed by atoms with van der Waals surface area (Å²) in [5.74, 6) is -0.534. The van der Waals surface area contributed by atoms with E-state index in [4.69, 9.17) is 14.6 Å². The SMILES string of the molecule is O=C(O)c1ccc(-c2ccc([C@@H]3NC[C@H](C(=O)O)S3)o2)cc1. The van der Waals surface area contributed by atoms with Crippen LogP contribution in [-0.4, -0.2) is 33.9 Å². The number of nitrogens with one attached hydrogen (secondary N) is 1. The van der Waals surface area contributed by atoms with Crippen LogP contribution in [0.5, 0.6) is 0 Å². The van der Waals surface area contributed by atoms with Gasteiger partial charge in [-0.25, -0.2) is 4.79 Å². The molecule has 2 atom stereocenters. The van der Waals surface area contributed by atoms with Gasteiger partial charge in [-0.05, 0) is 24.3 Å². The van der Waals surface area contributed by atoms with E-state index < -0.39 is 17.2 Å². The maximum atomic E-state index is 11.0. The van der Waals surface area contributed by atoms with Crippen molar-refractivity contribution in [3.05, 3.63) is 47.7 Å². The van der Waals surface area contributed by atoms with Crippen LogP contribution >= 0.6 is 11.8 Å². The summed E-state index contributed by atoms with van der Waals surface area (Å²) in [4.78, 5) is 21.8. The van der Waals surface area contributed by atoms with Gasteiger partial charge in [0.05, 0.1) is 5.56 Å². The first-order valence-electron chi connectivity index (χ1n) is 6.59. The predicted octanol–water partition coefficient (Wildman–Crippen LogP) is 2.43. The molecule has 7 heteroatoms. The van der Waals surface area contributed by atoms with Crippen molar-refractivity contribution in [3.8, 4) is 11.3 Å². The van der Waals surface area contributed by atoms with Crippen LogP contribution in [0, 0.1) is 0 Å². The highest BCUT2D eigenvalue weighted by atomic mass is 32.2. The van der Waals surface area contributed by atoms with E-state index in [0.717, 1.165) is 5.56 Å². The van der Waals surface area contributed by atoms with E-state index in [0.29, 0.717) is 18.1 Å². The number of carboxylic acids is 2. The number of carbonyl (C=O) groups is 2. The molecule has 114 valence electrons. The van der Waals surface area contributed by atoms with Gasteiger partial charge < -0.3 is 14.6 Å². The lowest BCUT2D eigenvalue weighted by molar-refractivity contribution is -0.136. The molecule has 22 heavy (non-hydrogen) atoms. The van der Waals surface area contributed by atoms with Gasteiger partial charge in [-0.3, -0.25) is 10.1 Å². The highest BCUT2D eigenvalue weighted by Crippen LogP contribution is 2.37. The lowest BCUT2D eigenvalue weighted by Crippen LogP contribution is -2.21. The number of hydrogen-bond donors (Lipinski definition) is 3. The standard InChI is InChI=1S/C15H13NO5S/c17-14(18)9-3-1-8(2-4-9)10-5-6-11(21-10)13-16-7-12(22-13)15(19)20/h1-6,12-13,16H,7H2,(H,17,18)(H,19,20)/t12-,13-/m1/s1. The number of aromatic carboxylic acids is 1. The Morgan fingerprint density at radius 1 is 1.14 bits per heavy atom. The Morgan fingerprint density at radius 2 is 1.86 bits per heavy atom. The number of thioether (sulfide) groups is 1. The van der Waals surface area contributed by atoms with E-state index in [9.17, 15) is 9.59 Å². The van der Waals surface area contributed by atoms with E-state index in [-0.39, 0.29) is 10.9 Å². The average Bonchev–Trinajstić information content (AvgIpc) is 3.16. The van der Waals surface area contributed by atoms with E-state index in [1.54, 1.807) is 24.3 Å². The zero-order chi connectivity index (χ0) is 15.7. The summed E-state index contributed by atoms with van der Waals surface area (Å²) in [5.41, 5.74) is 0.988. The molecule has 3 rings (SSSR count). The molecule has 1 aliphatic rings. The molecule has 0 aliphatic carbocycles. The molecule has 0 spiro atoms. The summed E-state index contributed by atoms with van der Waals surface area (Å²) in [7, 11) is 0. The molecule has 1 aromatic heterocycles. The third-order valence-electron chi connectivity index (χ3n) is 3.37. The molecular formula is C15H13NO5S. The topological polar surface area (TPSA) is 99.8 Å². The fourth-order valence-corrected chi connectivity index (χ4v) is 3.30. The summed E-state index contributed by atoms with van der Waals surface area (Å²) < 4.78 is 5.76. The van der Waals surface area contributed by atoms with Gasteiger partial charge in [-0.15, -0.1) is 11.8 Å². The van der Waals surface area contributed by atoms with Gasteiger partial charge in [0, 0.05) is 12.1 Å². The van der Waals surface area contributed by atoms with Crippen molar-refractivity contribution in [2.75, 3.05) is 6.54 Å². The van der Waals surface area contributed by atoms with Crippen molar-refractivity contribution in [2.45, 2.75) is 10.6 Å². The Morgan fingerprint density at radius 3 is 2.45 bits per heavy atom. The summed E-state index contributed by atoms with van der Waals surface area (Å²) >= 11 is 1.30. The van der Waals surface area contributed by atoms with Gasteiger partial charge >= 0.3 is 11.9 Å². The first-order chi connectivity index (χ1) is 10.5. The molecule has 0 radical (unpaired) electrons. The lowest BCUT2D eigenvalue weighted by Gasteiger charge is -2.05. The van der Waals surface area contributed by atoms with E-state index in [1.807, 2.05) is 0 Å². The minimum atomic E-state index is -0.974. The third kappa shape index (κ3) is 2.86. The molecule has 0 saturated carbocycles. The van der Waals surface area contributed by atoms with Gasteiger partial charge in [0.25, 0.3) is 0 Å². The molecule has 1 aromatic carbocycles. The second-order valence-corrected chi connectivity index (χ2v) is 6.15. The molecule has 3 N–H and O–H groups in total. The first-order valence-corrected chi connectivity index (χ1v) is 7.54. The number of benzene rings is 1.